The first-order valence-corrected chi connectivity index (χ1v) is 6.50. The van der Waals surface area contributed by atoms with Gasteiger partial charge in [-0.3, -0.25) is 0 Å². The standard InChI is InChI=1S/C13H22O3/c1-3-15-12(14)11-13(2,16-11)9-10-7-5-4-6-8-10/h10-11H,3-9H2,1-2H3. The Labute approximate surface area is 97.5 Å². The highest BCUT2D eigenvalue weighted by molar-refractivity contribution is 5.79. The summed E-state index contributed by atoms with van der Waals surface area (Å²) < 4.78 is 10.5. The Hall–Kier alpha value is -0.570. The van der Waals surface area contributed by atoms with Gasteiger partial charge in [0.1, 0.15) is 5.60 Å². The molecule has 0 aromatic rings. The highest BCUT2D eigenvalue weighted by atomic mass is 16.7. The van der Waals surface area contributed by atoms with Crippen molar-refractivity contribution in [2.75, 3.05) is 6.61 Å². The molecule has 2 aliphatic rings. The van der Waals surface area contributed by atoms with Gasteiger partial charge < -0.3 is 9.47 Å². The molecule has 1 heterocycles. The van der Waals surface area contributed by atoms with E-state index in [9.17, 15) is 4.79 Å². The zero-order valence-electron chi connectivity index (χ0n) is 10.3. The van der Waals surface area contributed by atoms with E-state index in [0.29, 0.717) is 6.61 Å². The smallest absolute Gasteiger partial charge is 0.338 e. The third-order valence-electron chi connectivity index (χ3n) is 3.80. The van der Waals surface area contributed by atoms with E-state index in [4.69, 9.17) is 9.47 Å². The maximum absolute atomic E-state index is 11.5. The summed E-state index contributed by atoms with van der Waals surface area (Å²) in [6, 6.07) is 0. The third-order valence-corrected chi connectivity index (χ3v) is 3.80. The zero-order valence-corrected chi connectivity index (χ0v) is 10.3. The number of carbonyl (C=O) groups is 1. The zero-order chi connectivity index (χ0) is 11.6. The normalized spacial score (nSPS) is 34.8. The van der Waals surface area contributed by atoms with Crippen LogP contribution >= 0.6 is 0 Å². The van der Waals surface area contributed by atoms with E-state index in [1.165, 1.54) is 32.1 Å². The predicted molar refractivity (Wildman–Crippen MR) is 61.1 cm³/mol. The molecule has 1 saturated heterocycles. The molecule has 0 amide bonds. The second-order valence-electron chi connectivity index (χ2n) is 5.27. The fourth-order valence-corrected chi connectivity index (χ4v) is 2.87. The monoisotopic (exact) mass is 226 g/mol. The largest absolute Gasteiger partial charge is 0.464 e. The van der Waals surface area contributed by atoms with E-state index in [0.717, 1.165) is 12.3 Å². The first-order valence-electron chi connectivity index (χ1n) is 6.50. The van der Waals surface area contributed by atoms with Crippen LogP contribution in [-0.4, -0.2) is 24.3 Å². The van der Waals surface area contributed by atoms with E-state index >= 15 is 0 Å². The maximum Gasteiger partial charge on any atom is 0.338 e. The van der Waals surface area contributed by atoms with Gasteiger partial charge in [0.25, 0.3) is 0 Å². The second-order valence-corrected chi connectivity index (χ2v) is 5.27. The first-order chi connectivity index (χ1) is 7.65. The molecule has 1 aliphatic heterocycles. The lowest BCUT2D eigenvalue weighted by molar-refractivity contribution is -0.144. The number of ether oxygens (including phenoxy) is 2. The highest BCUT2D eigenvalue weighted by Crippen LogP contribution is 2.45. The van der Waals surface area contributed by atoms with Crippen molar-refractivity contribution < 1.29 is 14.3 Å². The molecule has 3 heteroatoms. The van der Waals surface area contributed by atoms with Crippen LogP contribution in [-0.2, 0) is 14.3 Å². The van der Waals surface area contributed by atoms with Crippen LogP contribution in [0.1, 0.15) is 52.4 Å². The average molecular weight is 226 g/mol. The molecule has 1 saturated carbocycles. The van der Waals surface area contributed by atoms with E-state index in [1.54, 1.807) is 0 Å². The van der Waals surface area contributed by atoms with Crippen LogP contribution in [0.4, 0.5) is 0 Å². The summed E-state index contributed by atoms with van der Waals surface area (Å²) in [5.74, 6) is 0.569. The van der Waals surface area contributed by atoms with E-state index in [2.05, 4.69) is 0 Å². The quantitative estimate of drug-likeness (QED) is 0.546. The SMILES string of the molecule is CCOC(=O)C1OC1(C)CC1CCCCC1. The number of carbonyl (C=O) groups excluding carboxylic acids is 1. The number of hydrogen-bond acceptors (Lipinski definition) is 3. The van der Waals surface area contributed by atoms with Crippen LogP contribution in [0.25, 0.3) is 0 Å². The number of hydrogen-bond donors (Lipinski definition) is 0. The van der Waals surface area contributed by atoms with E-state index in [1.807, 2.05) is 13.8 Å². The van der Waals surface area contributed by atoms with Gasteiger partial charge >= 0.3 is 5.97 Å². The Bertz CT molecular complexity index is 258. The van der Waals surface area contributed by atoms with Crippen LogP contribution in [0.5, 0.6) is 0 Å². The van der Waals surface area contributed by atoms with Crippen molar-refractivity contribution in [2.24, 2.45) is 5.92 Å². The molecule has 0 spiro atoms. The number of rotatable bonds is 4. The van der Waals surface area contributed by atoms with Gasteiger partial charge in [-0.05, 0) is 26.2 Å². The Morgan fingerprint density at radius 1 is 1.38 bits per heavy atom. The molecular formula is C13H22O3. The van der Waals surface area contributed by atoms with E-state index < -0.39 is 0 Å². The Balaban J connectivity index is 1.79. The minimum atomic E-state index is -0.297. The van der Waals surface area contributed by atoms with Crippen LogP contribution in [0, 0.1) is 5.92 Å². The molecular weight excluding hydrogens is 204 g/mol. The molecule has 16 heavy (non-hydrogen) atoms. The second kappa shape index (κ2) is 4.74. The summed E-state index contributed by atoms with van der Waals surface area (Å²) >= 11 is 0. The summed E-state index contributed by atoms with van der Waals surface area (Å²) in [6.07, 6.45) is 7.37. The minimum absolute atomic E-state index is 0.180. The van der Waals surface area contributed by atoms with Gasteiger partial charge in [-0.25, -0.2) is 4.79 Å². The lowest BCUT2D eigenvalue weighted by atomic mass is 9.82. The summed E-state index contributed by atoms with van der Waals surface area (Å²) in [6.45, 7) is 4.32. The lowest BCUT2D eigenvalue weighted by Gasteiger charge is -2.23. The van der Waals surface area contributed by atoms with Crippen molar-refractivity contribution in [3.05, 3.63) is 0 Å². The molecule has 2 atom stereocenters. The number of esters is 1. The highest BCUT2D eigenvalue weighted by Gasteiger charge is 2.58. The molecule has 2 rings (SSSR count). The van der Waals surface area contributed by atoms with Gasteiger partial charge in [0.2, 0.25) is 0 Å². The summed E-state index contributed by atoms with van der Waals surface area (Å²) in [5.41, 5.74) is -0.228. The molecule has 0 bridgehead atoms. The molecule has 0 aromatic heterocycles. The Kier molecular flexibility index (Phi) is 3.53. The average Bonchev–Trinajstić information content (AvgIpc) is 2.92. The van der Waals surface area contributed by atoms with Gasteiger partial charge in [-0.2, -0.15) is 0 Å². The Morgan fingerprint density at radius 2 is 2.06 bits per heavy atom. The summed E-state index contributed by atoms with van der Waals surface area (Å²) in [7, 11) is 0. The van der Waals surface area contributed by atoms with Crippen molar-refractivity contribution in [1.29, 1.82) is 0 Å². The molecule has 0 N–H and O–H groups in total. The predicted octanol–water partition coefficient (Wildman–Crippen LogP) is 2.68. The van der Waals surface area contributed by atoms with Crippen molar-refractivity contribution in [3.63, 3.8) is 0 Å². The van der Waals surface area contributed by atoms with Gasteiger partial charge in [0.05, 0.1) is 6.61 Å². The van der Waals surface area contributed by atoms with Crippen LogP contribution in [0.15, 0.2) is 0 Å². The van der Waals surface area contributed by atoms with Crippen LogP contribution < -0.4 is 0 Å². The molecule has 92 valence electrons. The fraction of sp³-hybridized carbons (Fsp3) is 0.923. The third kappa shape index (κ3) is 2.57. The van der Waals surface area contributed by atoms with Gasteiger partial charge in [-0.1, -0.05) is 32.1 Å². The Morgan fingerprint density at radius 3 is 2.69 bits per heavy atom. The minimum Gasteiger partial charge on any atom is -0.464 e. The summed E-state index contributed by atoms with van der Waals surface area (Å²) in [4.78, 5) is 11.5. The molecule has 3 nitrogen and oxygen atoms in total. The van der Waals surface area contributed by atoms with Gasteiger partial charge in [0, 0.05) is 0 Å². The molecule has 0 radical (unpaired) electrons. The fourth-order valence-electron chi connectivity index (χ4n) is 2.87. The van der Waals surface area contributed by atoms with Crippen molar-refractivity contribution in [3.8, 4) is 0 Å². The first kappa shape index (κ1) is 11.9. The van der Waals surface area contributed by atoms with Crippen LogP contribution in [0.3, 0.4) is 0 Å². The topological polar surface area (TPSA) is 38.8 Å². The van der Waals surface area contributed by atoms with E-state index in [-0.39, 0.29) is 17.7 Å². The van der Waals surface area contributed by atoms with Crippen molar-refractivity contribution in [1.82, 2.24) is 0 Å². The van der Waals surface area contributed by atoms with Gasteiger partial charge in [-0.15, -0.1) is 0 Å². The molecule has 1 aliphatic carbocycles. The molecule has 0 aromatic carbocycles. The molecule has 2 unspecified atom stereocenters. The molecule has 2 fully saturated rings. The lowest BCUT2D eigenvalue weighted by Crippen LogP contribution is -2.23. The van der Waals surface area contributed by atoms with Crippen LogP contribution in [0.2, 0.25) is 0 Å². The van der Waals surface area contributed by atoms with Crippen molar-refractivity contribution in [2.45, 2.75) is 64.1 Å². The maximum atomic E-state index is 11.5. The summed E-state index contributed by atoms with van der Waals surface area (Å²) in [5, 5.41) is 0. The number of epoxide rings is 1. The van der Waals surface area contributed by atoms with Gasteiger partial charge in [0.15, 0.2) is 6.10 Å². The van der Waals surface area contributed by atoms with Crippen molar-refractivity contribution >= 4 is 5.97 Å².